The summed E-state index contributed by atoms with van der Waals surface area (Å²) < 4.78 is 80.2. The summed E-state index contributed by atoms with van der Waals surface area (Å²) in [6, 6.07) is 0. The Morgan fingerprint density at radius 3 is 1.00 bits per heavy atom. The van der Waals surface area contributed by atoms with Crippen LogP contribution in [0.5, 0.6) is 0 Å². The fourth-order valence-electron chi connectivity index (χ4n) is 0.222. The van der Waals surface area contributed by atoms with Crippen molar-refractivity contribution in [1.82, 2.24) is 0 Å². The molecule has 10 nitrogen and oxygen atoms in total. The first-order valence-corrected chi connectivity index (χ1v) is 6.10. The molecule has 0 saturated heterocycles. The zero-order valence-corrected chi connectivity index (χ0v) is 17.3. The zero-order valence-electron chi connectivity index (χ0n) is 6.80. The summed E-state index contributed by atoms with van der Waals surface area (Å²) in [6.07, 6.45) is 0. The van der Waals surface area contributed by atoms with Gasteiger partial charge in [-0.15, -0.1) is 0 Å². The van der Waals surface area contributed by atoms with Gasteiger partial charge in [0.05, 0.1) is 0 Å². The first-order chi connectivity index (χ1) is 5.41. The molecule has 0 bridgehead atoms. The Balaban J connectivity index is -0.000000720. The van der Waals surface area contributed by atoms with Crippen molar-refractivity contribution >= 4 is 80.1 Å². The Labute approximate surface area is 120 Å². The molecule has 0 aromatic rings. The second kappa shape index (κ2) is 6.92. The van der Waals surface area contributed by atoms with Crippen molar-refractivity contribution in [3.8, 4) is 0 Å². The SMILES string of the molecule is O=S(=O)(O)OS(=O)(=O)OS(=O)(=O)O.[SbH3].[SbH3]. The van der Waals surface area contributed by atoms with Gasteiger partial charge in [0.25, 0.3) is 0 Å². The van der Waals surface area contributed by atoms with Crippen molar-refractivity contribution in [3.05, 3.63) is 0 Å². The summed E-state index contributed by atoms with van der Waals surface area (Å²) in [5, 5.41) is 0. The van der Waals surface area contributed by atoms with Gasteiger partial charge in [0.2, 0.25) is 0 Å². The first kappa shape index (κ1) is 21.6. The predicted molar refractivity (Wildman–Crippen MR) is 54.1 cm³/mol. The summed E-state index contributed by atoms with van der Waals surface area (Å²) in [5.41, 5.74) is 0. The third kappa shape index (κ3) is 15.3. The molecule has 0 heterocycles. The predicted octanol–water partition coefficient (Wildman–Crippen LogP) is -4.50. The fourth-order valence-corrected chi connectivity index (χ4v) is 2.20. The molecule has 0 unspecified atom stereocenters. The summed E-state index contributed by atoms with van der Waals surface area (Å²) in [4.78, 5) is 0. The molecule has 15 heteroatoms. The van der Waals surface area contributed by atoms with Crippen LogP contribution < -0.4 is 0 Å². The van der Waals surface area contributed by atoms with Gasteiger partial charge in [-0.05, 0) is 0 Å². The molecule has 0 aromatic carbocycles. The summed E-state index contributed by atoms with van der Waals surface area (Å²) in [7, 11) is -16.5. The van der Waals surface area contributed by atoms with Gasteiger partial charge in [-0.25, -0.2) is 0 Å². The van der Waals surface area contributed by atoms with Gasteiger partial charge >= 0.3 is 80.1 Å². The minimum atomic E-state index is -5.57. The van der Waals surface area contributed by atoms with E-state index in [1.54, 1.807) is 0 Å². The van der Waals surface area contributed by atoms with Gasteiger partial charge < -0.3 is 0 Å². The maximum atomic E-state index is 10.1. The Hall–Kier alpha value is 1.33. The van der Waals surface area contributed by atoms with E-state index in [-0.39, 0.29) is 48.9 Å². The van der Waals surface area contributed by atoms with E-state index in [9.17, 15) is 25.3 Å². The van der Waals surface area contributed by atoms with Crippen LogP contribution >= 0.6 is 0 Å². The van der Waals surface area contributed by atoms with Crippen LogP contribution in [0.15, 0.2) is 0 Å². The Bertz CT molecular complexity index is 423. The monoisotopic (exact) mass is 506 g/mol. The van der Waals surface area contributed by atoms with E-state index >= 15 is 0 Å². The molecule has 0 fully saturated rings. The molecule has 0 radical (unpaired) electrons. The summed E-state index contributed by atoms with van der Waals surface area (Å²) in [5.74, 6) is 0. The second-order valence-corrected chi connectivity index (χ2v) is 5.02. The van der Waals surface area contributed by atoms with Gasteiger partial charge in [-0.3, -0.25) is 9.11 Å². The number of hydrogen-bond acceptors (Lipinski definition) is 8. The number of rotatable bonds is 4. The molecule has 0 amide bonds. The first-order valence-electron chi connectivity index (χ1n) is 2.03. The van der Waals surface area contributed by atoms with Crippen molar-refractivity contribution in [2.45, 2.75) is 0 Å². The van der Waals surface area contributed by atoms with Crippen molar-refractivity contribution in [3.63, 3.8) is 0 Å². The van der Waals surface area contributed by atoms with Crippen LogP contribution in [0.3, 0.4) is 0 Å². The molecule has 0 aliphatic rings. The second-order valence-electron chi connectivity index (χ2n) is 1.40. The molecule has 2 N–H and O–H groups in total. The van der Waals surface area contributed by atoms with Gasteiger partial charge in [0, 0.05) is 0 Å². The molecule has 15 heavy (non-hydrogen) atoms. The average molecular weight is 508 g/mol. The van der Waals surface area contributed by atoms with Gasteiger partial charge in [-0.2, -0.15) is 25.3 Å². The molecule has 0 aliphatic carbocycles. The Morgan fingerprint density at radius 2 is 0.867 bits per heavy atom. The van der Waals surface area contributed by atoms with Crippen LogP contribution in [-0.2, 0) is 38.5 Å². The fraction of sp³-hybridized carbons (Fsp3) is 0. The Morgan fingerprint density at radius 1 is 0.667 bits per heavy atom. The Kier molecular flexibility index (Phi) is 9.96. The minimum absolute atomic E-state index is 0. The molecule has 0 saturated carbocycles. The van der Waals surface area contributed by atoms with Crippen LogP contribution in [0.1, 0.15) is 0 Å². The molecule has 0 aromatic heterocycles. The van der Waals surface area contributed by atoms with Gasteiger partial charge in [0.1, 0.15) is 0 Å². The number of hydrogen-bond donors (Lipinski definition) is 2. The van der Waals surface area contributed by atoms with Crippen molar-refractivity contribution < 1.29 is 41.6 Å². The third-order valence-electron chi connectivity index (χ3n) is 0.339. The molecular formula is H8O10S3Sb2. The van der Waals surface area contributed by atoms with Crippen molar-refractivity contribution in [2.24, 2.45) is 0 Å². The van der Waals surface area contributed by atoms with E-state index in [2.05, 4.69) is 7.26 Å². The summed E-state index contributed by atoms with van der Waals surface area (Å²) in [6.45, 7) is 0. The summed E-state index contributed by atoms with van der Waals surface area (Å²) >= 11 is 0. The van der Waals surface area contributed by atoms with E-state index in [0.29, 0.717) is 0 Å². The van der Waals surface area contributed by atoms with Crippen molar-refractivity contribution in [2.75, 3.05) is 0 Å². The normalized spacial score (nSPS) is 12.4. The van der Waals surface area contributed by atoms with E-state index in [4.69, 9.17) is 9.11 Å². The zero-order chi connectivity index (χ0) is 10.9. The van der Waals surface area contributed by atoms with E-state index in [0.717, 1.165) is 0 Å². The molecule has 0 spiro atoms. The maximum absolute atomic E-state index is 10.1. The van der Waals surface area contributed by atoms with Crippen LogP contribution in [0, 0.1) is 0 Å². The van der Waals surface area contributed by atoms with E-state index in [1.807, 2.05) is 0 Å². The molecular weight excluding hydrogens is 500 g/mol. The third-order valence-corrected chi connectivity index (χ3v) is 3.05. The van der Waals surface area contributed by atoms with Crippen LogP contribution in [-0.4, -0.2) is 83.2 Å². The standard InChI is InChI=1S/H2O10S3.2Sb.6H/c1-11(2,3)9-13(7,8)10-12(4,5)6;;;;;;;;/h(H,1,2,3)(H,4,5,6);;;;;;;;. The molecule has 0 rings (SSSR count). The molecule has 0 aliphatic heterocycles. The van der Waals surface area contributed by atoms with Crippen molar-refractivity contribution in [1.29, 1.82) is 0 Å². The van der Waals surface area contributed by atoms with Crippen LogP contribution in [0.2, 0.25) is 0 Å². The quantitative estimate of drug-likeness (QED) is 0.280. The van der Waals surface area contributed by atoms with E-state index in [1.165, 1.54) is 0 Å². The van der Waals surface area contributed by atoms with Gasteiger partial charge in [-0.1, -0.05) is 7.26 Å². The molecule has 96 valence electrons. The molecule has 0 atom stereocenters. The van der Waals surface area contributed by atoms with Crippen LogP contribution in [0.25, 0.3) is 0 Å². The van der Waals surface area contributed by atoms with E-state index < -0.39 is 31.2 Å². The average Bonchev–Trinajstić information content (AvgIpc) is 1.43. The van der Waals surface area contributed by atoms with Crippen LogP contribution in [0.4, 0.5) is 0 Å². The van der Waals surface area contributed by atoms with Gasteiger partial charge in [0.15, 0.2) is 0 Å². The topological polar surface area (TPSA) is 161 Å².